The third-order valence-electron chi connectivity index (χ3n) is 4.17. The average molecular weight is 276 g/mol. The van der Waals surface area contributed by atoms with Crippen LogP contribution < -0.4 is 5.73 Å². The van der Waals surface area contributed by atoms with Crippen LogP contribution in [0.2, 0.25) is 0 Å². The second kappa shape index (κ2) is 5.54. The molecule has 0 aromatic heterocycles. The van der Waals surface area contributed by atoms with Crippen LogP contribution in [0, 0.1) is 0 Å². The predicted octanol–water partition coefficient (Wildman–Crippen LogP) is 1.62. The minimum absolute atomic E-state index is 0.0681. The van der Waals surface area contributed by atoms with E-state index in [2.05, 4.69) is 0 Å². The molecular weight excluding hydrogens is 252 g/mol. The molecular formula is C16H24N2O2. The normalized spacial score (nSPS) is 26.7. The standard InChI is InChI=1S/C16H24N2O2/c1-15(20)9-6-11-18(12-10-15)14(19)16(2,17)13-7-4-3-5-8-13/h3-5,7-8,20H,6,9-12,17H2,1-2H3. The van der Waals surface area contributed by atoms with Crippen LogP contribution in [0.3, 0.4) is 0 Å². The van der Waals surface area contributed by atoms with Gasteiger partial charge in [-0.25, -0.2) is 0 Å². The van der Waals surface area contributed by atoms with Crippen molar-refractivity contribution in [2.45, 2.75) is 44.2 Å². The van der Waals surface area contributed by atoms with Gasteiger partial charge >= 0.3 is 0 Å². The van der Waals surface area contributed by atoms with E-state index in [1.165, 1.54) is 0 Å². The molecule has 4 heteroatoms. The second-order valence-corrected chi connectivity index (χ2v) is 6.21. The summed E-state index contributed by atoms with van der Waals surface area (Å²) in [5, 5.41) is 10.1. The van der Waals surface area contributed by atoms with Crippen LogP contribution in [-0.2, 0) is 10.3 Å². The van der Waals surface area contributed by atoms with Crippen LogP contribution in [-0.4, -0.2) is 34.6 Å². The van der Waals surface area contributed by atoms with Gasteiger partial charge in [0.2, 0.25) is 5.91 Å². The highest BCUT2D eigenvalue weighted by Gasteiger charge is 2.36. The summed E-state index contributed by atoms with van der Waals surface area (Å²) in [4.78, 5) is 14.5. The van der Waals surface area contributed by atoms with Gasteiger partial charge in [-0.15, -0.1) is 0 Å². The van der Waals surface area contributed by atoms with Crippen molar-refractivity contribution in [2.24, 2.45) is 5.73 Å². The molecule has 3 N–H and O–H groups in total. The van der Waals surface area contributed by atoms with Crippen molar-refractivity contribution in [3.05, 3.63) is 35.9 Å². The van der Waals surface area contributed by atoms with Gasteiger partial charge in [-0.05, 0) is 38.7 Å². The molecule has 1 aliphatic heterocycles. The summed E-state index contributed by atoms with van der Waals surface area (Å²) in [6.45, 7) is 4.81. The molecule has 1 aromatic rings. The van der Waals surface area contributed by atoms with Crippen molar-refractivity contribution in [1.82, 2.24) is 4.90 Å². The zero-order valence-corrected chi connectivity index (χ0v) is 12.3. The van der Waals surface area contributed by atoms with Crippen molar-refractivity contribution in [2.75, 3.05) is 13.1 Å². The molecule has 1 aromatic carbocycles. The van der Waals surface area contributed by atoms with Gasteiger partial charge in [-0.3, -0.25) is 4.79 Å². The number of hydrogen-bond acceptors (Lipinski definition) is 3. The quantitative estimate of drug-likeness (QED) is 0.862. The highest BCUT2D eigenvalue weighted by molar-refractivity contribution is 5.87. The molecule has 2 unspecified atom stereocenters. The zero-order valence-electron chi connectivity index (χ0n) is 12.3. The molecule has 2 atom stereocenters. The molecule has 2 rings (SSSR count). The zero-order chi connectivity index (χ0) is 14.8. The summed E-state index contributed by atoms with van der Waals surface area (Å²) in [5.74, 6) is -0.0681. The van der Waals surface area contributed by atoms with Gasteiger partial charge in [0.25, 0.3) is 0 Å². The lowest BCUT2D eigenvalue weighted by molar-refractivity contribution is -0.136. The van der Waals surface area contributed by atoms with Crippen LogP contribution in [0.4, 0.5) is 0 Å². The van der Waals surface area contributed by atoms with Crippen LogP contribution >= 0.6 is 0 Å². The number of hydrogen-bond donors (Lipinski definition) is 2. The van der Waals surface area contributed by atoms with Gasteiger partial charge < -0.3 is 15.7 Å². The van der Waals surface area contributed by atoms with Crippen LogP contribution in [0.1, 0.15) is 38.7 Å². The fourth-order valence-corrected chi connectivity index (χ4v) is 2.70. The summed E-state index contributed by atoms with van der Waals surface area (Å²) in [7, 11) is 0. The number of nitrogens with zero attached hydrogens (tertiary/aromatic N) is 1. The number of nitrogens with two attached hydrogens (primary N) is 1. The minimum Gasteiger partial charge on any atom is -0.390 e. The molecule has 20 heavy (non-hydrogen) atoms. The Morgan fingerprint density at radius 3 is 2.60 bits per heavy atom. The lowest BCUT2D eigenvalue weighted by atomic mass is 9.91. The van der Waals surface area contributed by atoms with Crippen molar-refractivity contribution in [1.29, 1.82) is 0 Å². The maximum absolute atomic E-state index is 12.7. The number of amides is 1. The van der Waals surface area contributed by atoms with E-state index in [4.69, 9.17) is 5.73 Å². The van der Waals surface area contributed by atoms with Crippen LogP contribution in [0.25, 0.3) is 0 Å². The Balaban J connectivity index is 2.14. The molecule has 0 radical (unpaired) electrons. The number of rotatable bonds is 2. The lowest BCUT2D eigenvalue weighted by Crippen LogP contribution is -2.51. The number of likely N-dealkylation sites (tertiary alicyclic amines) is 1. The van der Waals surface area contributed by atoms with Gasteiger partial charge in [0.1, 0.15) is 5.54 Å². The summed E-state index contributed by atoms with van der Waals surface area (Å²) < 4.78 is 0. The van der Waals surface area contributed by atoms with Gasteiger partial charge in [-0.1, -0.05) is 30.3 Å². The fourth-order valence-electron chi connectivity index (χ4n) is 2.70. The first-order chi connectivity index (χ1) is 9.33. The number of benzene rings is 1. The van der Waals surface area contributed by atoms with Gasteiger partial charge in [-0.2, -0.15) is 0 Å². The molecule has 4 nitrogen and oxygen atoms in total. The topological polar surface area (TPSA) is 66.6 Å². The Kier molecular flexibility index (Phi) is 4.16. The predicted molar refractivity (Wildman–Crippen MR) is 79.0 cm³/mol. The highest BCUT2D eigenvalue weighted by atomic mass is 16.3. The van der Waals surface area contributed by atoms with E-state index in [1.807, 2.05) is 37.3 Å². The number of carbonyl (C=O) groups is 1. The molecule has 0 saturated carbocycles. The summed E-state index contributed by atoms with van der Waals surface area (Å²) in [5.41, 5.74) is 5.41. The fraction of sp³-hybridized carbons (Fsp3) is 0.562. The molecule has 110 valence electrons. The van der Waals surface area contributed by atoms with Crippen molar-refractivity contribution < 1.29 is 9.90 Å². The molecule has 0 aliphatic carbocycles. The van der Waals surface area contributed by atoms with E-state index in [-0.39, 0.29) is 5.91 Å². The van der Waals surface area contributed by atoms with E-state index in [0.29, 0.717) is 19.5 Å². The van der Waals surface area contributed by atoms with Crippen LogP contribution in [0.15, 0.2) is 30.3 Å². The van der Waals surface area contributed by atoms with Gasteiger partial charge in [0.15, 0.2) is 0 Å². The first kappa shape index (κ1) is 15.0. The summed E-state index contributed by atoms with van der Waals surface area (Å²) in [6, 6.07) is 9.45. The number of aliphatic hydroxyl groups is 1. The molecule has 1 aliphatic rings. The minimum atomic E-state index is -1.02. The molecule has 1 saturated heterocycles. The molecule has 1 fully saturated rings. The Bertz CT molecular complexity index is 469. The Morgan fingerprint density at radius 2 is 1.95 bits per heavy atom. The maximum atomic E-state index is 12.7. The Labute approximate surface area is 120 Å². The van der Waals surface area contributed by atoms with Crippen molar-refractivity contribution in [3.8, 4) is 0 Å². The molecule has 1 heterocycles. The third-order valence-corrected chi connectivity index (χ3v) is 4.17. The average Bonchev–Trinajstić information content (AvgIpc) is 2.60. The van der Waals surface area contributed by atoms with Crippen molar-refractivity contribution in [3.63, 3.8) is 0 Å². The smallest absolute Gasteiger partial charge is 0.246 e. The number of carbonyl (C=O) groups excluding carboxylic acids is 1. The second-order valence-electron chi connectivity index (χ2n) is 6.21. The molecule has 0 spiro atoms. The van der Waals surface area contributed by atoms with E-state index >= 15 is 0 Å². The first-order valence-electron chi connectivity index (χ1n) is 7.19. The Morgan fingerprint density at radius 1 is 1.30 bits per heavy atom. The van der Waals surface area contributed by atoms with E-state index in [1.54, 1.807) is 11.8 Å². The molecule has 1 amide bonds. The largest absolute Gasteiger partial charge is 0.390 e. The Hall–Kier alpha value is -1.39. The SMILES string of the molecule is CC1(O)CCCN(C(=O)C(C)(N)c2ccccc2)CC1. The maximum Gasteiger partial charge on any atom is 0.246 e. The monoisotopic (exact) mass is 276 g/mol. The highest BCUT2D eigenvalue weighted by Crippen LogP contribution is 2.25. The lowest BCUT2D eigenvalue weighted by Gasteiger charge is -2.31. The van der Waals surface area contributed by atoms with Gasteiger partial charge in [0.05, 0.1) is 5.60 Å². The van der Waals surface area contributed by atoms with E-state index < -0.39 is 11.1 Å². The van der Waals surface area contributed by atoms with E-state index in [0.717, 1.165) is 18.4 Å². The molecule has 0 bridgehead atoms. The summed E-state index contributed by atoms with van der Waals surface area (Å²) in [6.07, 6.45) is 2.14. The third kappa shape index (κ3) is 3.19. The summed E-state index contributed by atoms with van der Waals surface area (Å²) >= 11 is 0. The van der Waals surface area contributed by atoms with Gasteiger partial charge in [0, 0.05) is 13.1 Å². The first-order valence-corrected chi connectivity index (χ1v) is 7.19. The van der Waals surface area contributed by atoms with E-state index in [9.17, 15) is 9.90 Å². The van der Waals surface area contributed by atoms with Crippen molar-refractivity contribution >= 4 is 5.91 Å². The van der Waals surface area contributed by atoms with Crippen LogP contribution in [0.5, 0.6) is 0 Å².